The van der Waals surface area contributed by atoms with Crippen LogP contribution in [0.5, 0.6) is 11.5 Å². The van der Waals surface area contributed by atoms with Crippen molar-refractivity contribution in [2.24, 2.45) is 0 Å². The van der Waals surface area contributed by atoms with Gasteiger partial charge in [-0.1, -0.05) is 23.7 Å². The zero-order valence-corrected chi connectivity index (χ0v) is 14.2. The van der Waals surface area contributed by atoms with Crippen LogP contribution >= 0.6 is 11.6 Å². The Morgan fingerprint density at radius 1 is 0.808 bits per heavy atom. The number of aromatic hydroxyl groups is 2. The van der Waals surface area contributed by atoms with Crippen molar-refractivity contribution in [3.05, 3.63) is 77.6 Å². The molecule has 0 unspecified atom stereocenters. The molecule has 0 saturated heterocycles. The first-order chi connectivity index (χ1) is 12.5. The Bertz CT molecular complexity index is 1130. The van der Waals surface area contributed by atoms with Gasteiger partial charge in [-0.2, -0.15) is 0 Å². The van der Waals surface area contributed by atoms with Crippen LogP contribution in [0.25, 0.3) is 33.3 Å². The van der Waals surface area contributed by atoms with Crippen LogP contribution in [0, 0.1) is 5.82 Å². The zero-order chi connectivity index (χ0) is 18.3. The van der Waals surface area contributed by atoms with Crippen LogP contribution in [0.3, 0.4) is 0 Å². The van der Waals surface area contributed by atoms with Crippen LogP contribution in [0.15, 0.2) is 66.7 Å². The lowest BCUT2D eigenvalue weighted by Crippen LogP contribution is -1.91. The molecule has 0 radical (unpaired) electrons. The van der Waals surface area contributed by atoms with Gasteiger partial charge in [-0.25, -0.2) is 9.37 Å². The van der Waals surface area contributed by atoms with Crippen molar-refractivity contribution in [1.29, 1.82) is 0 Å². The van der Waals surface area contributed by atoms with Crippen molar-refractivity contribution in [3.8, 4) is 33.9 Å². The maximum Gasteiger partial charge on any atom is 0.165 e. The predicted molar refractivity (Wildman–Crippen MR) is 101 cm³/mol. The van der Waals surface area contributed by atoms with E-state index in [0.29, 0.717) is 21.8 Å². The number of pyridine rings is 1. The van der Waals surface area contributed by atoms with E-state index in [1.165, 1.54) is 12.1 Å². The van der Waals surface area contributed by atoms with Gasteiger partial charge in [-0.15, -0.1) is 0 Å². The summed E-state index contributed by atoms with van der Waals surface area (Å²) in [5, 5.41) is 20.7. The van der Waals surface area contributed by atoms with Crippen molar-refractivity contribution in [1.82, 2.24) is 4.98 Å². The van der Waals surface area contributed by atoms with E-state index in [1.807, 2.05) is 18.2 Å². The van der Waals surface area contributed by atoms with Crippen molar-refractivity contribution < 1.29 is 14.6 Å². The smallest absolute Gasteiger partial charge is 0.165 e. The summed E-state index contributed by atoms with van der Waals surface area (Å²) in [6, 6.07) is 18.2. The molecule has 4 aromatic rings. The van der Waals surface area contributed by atoms with Crippen LogP contribution in [0.4, 0.5) is 4.39 Å². The molecule has 3 aromatic carbocycles. The highest BCUT2D eigenvalue weighted by atomic mass is 35.5. The van der Waals surface area contributed by atoms with E-state index in [-0.39, 0.29) is 5.75 Å². The molecule has 3 nitrogen and oxygen atoms in total. The Morgan fingerprint density at radius 2 is 1.54 bits per heavy atom. The first-order valence-electron chi connectivity index (χ1n) is 7.90. The molecule has 0 atom stereocenters. The number of phenols is 2. The lowest BCUT2D eigenvalue weighted by Gasteiger charge is -2.11. The van der Waals surface area contributed by atoms with Crippen molar-refractivity contribution >= 4 is 22.5 Å². The summed E-state index contributed by atoms with van der Waals surface area (Å²) in [4.78, 5) is 4.58. The lowest BCUT2D eigenvalue weighted by atomic mass is 9.98. The van der Waals surface area contributed by atoms with Gasteiger partial charge in [0.25, 0.3) is 0 Å². The van der Waals surface area contributed by atoms with Gasteiger partial charge in [0.05, 0.1) is 11.2 Å². The van der Waals surface area contributed by atoms with E-state index in [2.05, 4.69) is 4.98 Å². The Morgan fingerprint density at radius 3 is 2.27 bits per heavy atom. The molecule has 1 aromatic heterocycles. The summed E-state index contributed by atoms with van der Waals surface area (Å²) in [5.41, 5.74) is 3.51. The van der Waals surface area contributed by atoms with Gasteiger partial charge in [0, 0.05) is 16.0 Å². The van der Waals surface area contributed by atoms with Crippen LogP contribution in [-0.2, 0) is 0 Å². The molecule has 0 bridgehead atoms. The highest BCUT2D eigenvalue weighted by Gasteiger charge is 2.12. The van der Waals surface area contributed by atoms with Gasteiger partial charge in [0.2, 0.25) is 0 Å². The SMILES string of the molecule is Oc1ccc2nc(-c3ccc(O)c(F)c3)cc(-c3ccc(Cl)cc3)c2c1. The second kappa shape index (κ2) is 6.32. The molecule has 1 heterocycles. The van der Waals surface area contributed by atoms with Gasteiger partial charge in [-0.3, -0.25) is 0 Å². The fourth-order valence-electron chi connectivity index (χ4n) is 2.90. The minimum Gasteiger partial charge on any atom is -0.508 e. The highest BCUT2D eigenvalue weighted by Crippen LogP contribution is 2.35. The number of nitrogens with zero attached hydrogens (tertiary/aromatic N) is 1. The summed E-state index contributed by atoms with van der Waals surface area (Å²) in [7, 11) is 0. The molecule has 26 heavy (non-hydrogen) atoms. The van der Waals surface area contributed by atoms with Crippen molar-refractivity contribution in [2.75, 3.05) is 0 Å². The normalized spacial score (nSPS) is 11.0. The third-order valence-electron chi connectivity index (χ3n) is 4.19. The monoisotopic (exact) mass is 365 g/mol. The molecule has 128 valence electrons. The quantitative estimate of drug-likeness (QED) is 0.474. The van der Waals surface area contributed by atoms with Crippen LogP contribution < -0.4 is 0 Å². The molecular weight excluding hydrogens is 353 g/mol. The number of phenolic OH excluding ortho intramolecular Hbond substituents is 2. The van der Waals surface area contributed by atoms with Crippen molar-refractivity contribution in [2.45, 2.75) is 0 Å². The predicted octanol–water partition coefficient (Wildman–Crippen LogP) is 5.77. The Kier molecular flexibility index (Phi) is 3.98. The molecule has 0 aliphatic rings. The van der Waals surface area contributed by atoms with Crippen molar-refractivity contribution in [3.63, 3.8) is 0 Å². The second-order valence-electron chi connectivity index (χ2n) is 5.93. The molecule has 4 rings (SSSR count). The molecule has 0 aliphatic carbocycles. The van der Waals surface area contributed by atoms with Crippen LogP contribution in [0.2, 0.25) is 5.02 Å². The number of benzene rings is 3. The zero-order valence-electron chi connectivity index (χ0n) is 13.4. The summed E-state index contributed by atoms with van der Waals surface area (Å²) < 4.78 is 13.8. The number of halogens is 2. The van der Waals surface area contributed by atoms with Gasteiger partial charge in [-0.05, 0) is 65.7 Å². The van der Waals surface area contributed by atoms with E-state index in [1.54, 1.807) is 36.4 Å². The largest absolute Gasteiger partial charge is 0.508 e. The average molecular weight is 366 g/mol. The third kappa shape index (κ3) is 2.95. The maximum atomic E-state index is 13.8. The van der Waals surface area contributed by atoms with Gasteiger partial charge >= 0.3 is 0 Å². The summed E-state index contributed by atoms with van der Waals surface area (Å²) >= 11 is 5.98. The standard InChI is InChI=1S/C21H13ClFNO2/c22-14-4-1-12(2-5-14)16-11-20(13-3-8-21(26)18(23)9-13)24-19-7-6-15(25)10-17(16)19/h1-11,25-26H. The van der Waals surface area contributed by atoms with E-state index in [4.69, 9.17) is 11.6 Å². The average Bonchev–Trinajstić information content (AvgIpc) is 2.64. The first-order valence-corrected chi connectivity index (χ1v) is 8.28. The fraction of sp³-hybridized carbons (Fsp3) is 0. The van der Waals surface area contributed by atoms with Gasteiger partial charge in [0.1, 0.15) is 5.75 Å². The van der Waals surface area contributed by atoms with E-state index < -0.39 is 11.6 Å². The molecule has 0 aliphatic heterocycles. The molecule has 0 spiro atoms. The first kappa shape index (κ1) is 16.4. The van der Waals surface area contributed by atoms with Crippen LogP contribution in [-0.4, -0.2) is 15.2 Å². The van der Waals surface area contributed by atoms with Crippen LogP contribution in [0.1, 0.15) is 0 Å². The highest BCUT2D eigenvalue weighted by molar-refractivity contribution is 6.30. The van der Waals surface area contributed by atoms with E-state index in [9.17, 15) is 14.6 Å². The minimum atomic E-state index is -0.705. The number of hydrogen-bond acceptors (Lipinski definition) is 3. The topological polar surface area (TPSA) is 53.4 Å². The summed E-state index contributed by atoms with van der Waals surface area (Å²) in [6.45, 7) is 0. The Labute approximate surface area is 154 Å². The third-order valence-corrected chi connectivity index (χ3v) is 4.44. The number of aromatic nitrogens is 1. The molecule has 2 N–H and O–H groups in total. The van der Waals surface area contributed by atoms with Gasteiger partial charge in [0.15, 0.2) is 11.6 Å². The molecule has 0 fully saturated rings. The lowest BCUT2D eigenvalue weighted by molar-refractivity contribution is 0.432. The van der Waals surface area contributed by atoms with Gasteiger partial charge < -0.3 is 10.2 Å². The Hall–Kier alpha value is -3.11. The summed E-state index contributed by atoms with van der Waals surface area (Å²) in [5.74, 6) is -0.974. The molecule has 5 heteroatoms. The minimum absolute atomic E-state index is 0.137. The maximum absolute atomic E-state index is 13.8. The molecular formula is C21H13ClFNO2. The summed E-state index contributed by atoms with van der Waals surface area (Å²) in [6.07, 6.45) is 0. The van der Waals surface area contributed by atoms with E-state index >= 15 is 0 Å². The Balaban J connectivity index is 2.00. The molecule has 0 saturated carbocycles. The second-order valence-corrected chi connectivity index (χ2v) is 6.37. The number of hydrogen-bond donors (Lipinski definition) is 2. The van der Waals surface area contributed by atoms with E-state index in [0.717, 1.165) is 16.5 Å². The number of rotatable bonds is 2. The number of fused-ring (bicyclic) bond motifs is 1. The fourth-order valence-corrected chi connectivity index (χ4v) is 3.02. The molecule has 0 amide bonds.